The lowest BCUT2D eigenvalue weighted by Crippen LogP contribution is -2.12. The molecule has 11 heteroatoms. The molecule has 0 atom stereocenters. The molecule has 0 heterocycles. The Labute approximate surface area is 109 Å². The quantitative estimate of drug-likeness (QED) is 0.399. The summed E-state index contributed by atoms with van der Waals surface area (Å²) in [5.74, 6) is 0. The van der Waals surface area contributed by atoms with Crippen LogP contribution in [-0.4, -0.2) is 44.0 Å². The lowest BCUT2D eigenvalue weighted by molar-refractivity contribution is -0.0311. The first kappa shape index (κ1) is 17.6. The first-order chi connectivity index (χ1) is 8.91. The van der Waals surface area contributed by atoms with Crippen LogP contribution in [0.5, 0.6) is 0 Å². The van der Waals surface area contributed by atoms with Crippen LogP contribution < -0.4 is 0 Å². The molecule has 0 amide bonds. The van der Waals surface area contributed by atoms with Gasteiger partial charge in [0.15, 0.2) is 0 Å². The van der Waals surface area contributed by atoms with Crippen LogP contribution >= 0.6 is 7.82 Å². The number of hydrogen-bond donors (Lipinski definition) is 1. The third-order valence-corrected chi connectivity index (χ3v) is 2.17. The molecule has 0 rings (SSSR count). The first-order valence-electron chi connectivity index (χ1n) is 5.12. The number of rotatable bonds is 8. The lowest BCUT2D eigenvalue weighted by atomic mass is 10.9. The average molecular weight is 302 g/mol. The summed E-state index contributed by atoms with van der Waals surface area (Å²) in [5.41, 5.74) is 0. The van der Waals surface area contributed by atoms with Gasteiger partial charge in [0.25, 0.3) is 0 Å². The van der Waals surface area contributed by atoms with E-state index in [1.807, 2.05) is 0 Å². The van der Waals surface area contributed by atoms with Gasteiger partial charge in [-0.1, -0.05) is 0 Å². The highest BCUT2D eigenvalue weighted by Crippen LogP contribution is 2.42. The molecule has 0 unspecified atom stereocenters. The first-order valence-corrected chi connectivity index (χ1v) is 6.61. The van der Waals surface area contributed by atoms with Crippen molar-refractivity contribution in [2.45, 2.75) is 13.8 Å². The van der Waals surface area contributed by atoms with Crippen LogP contribution in [0.15, 0.2) is 0 Å². The monoisotopic (exact) mass is 302 g/mol. The van der Waals surface area contributed by atoms with Crippen molar-refractivity contribution in [2.75, 3.05) is 26.8 Å². The predicted molar refractivity (Wildman–Crippen MR) is 57.9 cm³/mol. The Hall–Kier alpha value is -1.35. The summed E-state index contributed by atoms with van der Waals surface area (Å²) in [7, 11) is -4.51. The van der Waals surface area contributed by atoms with Crippen molar-refractivity contribution in [3.8, 4) is 0 Å². The van der Waals surface area contributed by atoms with E-state index in [1.165, 1.54) is 0 Å². The topological polar surface area (TPSA) is 127 Å². The summed E-state index contributed by atoms with van der Waals surface area (Å²) in [6, 6.07) is 0. The zero-order valence-electron chi connectivity index (χ0n) is 10.4. The van der Waals surface area contributed by atoms with Crippen LogP contribution in [0.4, 0.5) is 9.59 Å². The number of phosphoric acid groups is 1. The molecule has 112 valence electrons. The van der Waals surface area contributed by atoms with Crippen LogP contribution in [-0.2, 0) is 32.6 Å². The van der Waals surface area contributed by atoms with Crippen molar-refractivity contribution in [2.24, 2.45) is 0 Å². The maximum absolute atomic E-state index is 11.1. The molecule has 0 saturated carbocycles. The number of carbonyl (C=O) groups is 2. The maximum atomic E-state index is 11.1. The second-order valence-electron chi connectivity index (χ2n) is 2.62. The molecule has 0 aliphatic carbocycles. The summed E-state index contributed by atoms with van der Waals surface area (Å²) in [4.78, 5) is 30.4. The van der Waals surface area contributed by atoms with Crippen molar-refractivity contribution >= 4 is 20.1 Å². The van der Waals surface area contributed by atoms with Crippen molar-refractivity contribution < 1.29 is 47.0 Å². The molecule has 0 aromatic rings. The third-order valence-electron chi connectivity index (χ3n) is 1.31. The van der Waals surface area contributed by atoms with Gasteiger partial charge in [-0.15, -0.1) is 0 Å². The van der Waals surface area contributed by atoms with Gasteiger partial charge in [0.1, 0.15) is 0 Å². The normalized spacial score (nSPS) is 10.7. The van der Waals surface area contributed by atoms with Gasteiger partial charge < -0.3 is 23.8 Å². The van der Waals surface area contributed by atoms with E-state index in [0.717, 1.165) is 0 Å². The van der Waals surface area contributed by atoms with Gasteiger partial charge in [0, 0.05) is 0 Å². The fraction of sp³-hybridized carbons (Fsp3) is 0.750. The van der Waals surface area contributed by atoms with E-state index >= 15 is 0 Å². The fourth-order valence-electron chi connectivity index (χ4n) is 0.638. The maximum Gasteiger partial charge on any atom is 0.510 e. The summed E-state index contributed by atoms with van der Waals surface area (Å²) < 4.78 is 36.8. The molecule has 0 aliphatic rings. The summed E-state index contributed by atoms with van der Waals surface area (Å²) in [6.07, 6.45) is -2.13. The number of hydrogen-bond acceptors (Lipinski definition) is 9. The average Bonchev–Trinajstić information content (AvgIpc) is 2.29. The van der Waals surface area contributed by atoms with E-state index < -0.39 is 33.7 Å². The molecule has 0 radical (unpaired) electrons. The second kappa shape index (κ2) is 9.56. The van der Waals surface area contributed by atoms with Crippen molar-refractivity contribution in [1.82, 2.24) is 0 Å². The zero-order chi connectivity index (χ0) is 14.7. The van der Waals surface area contributed by atoms with Gasteiger partial charge in [-0.25, -0.2) is 23.2 Å². The minimum Gasteiger partial charge on any atom is -0.435 e. The molecule has 0 aromatic carbocycles. The summed E-state index contributed by atoms with van der Waals surface area (Å²) >= 11 is 0. The van der Waals surface area contributed by atoms with Crippen molar-refractivity contribution in [3.05, 3.63) is 0 Å². The molecule has 0 fully saturated rings. The van der Waals surface area contributed by atoms with Crippen LogP contribution in [0.2, 0.25) is 0 Å². The molecule has 10 nitrogen and oxygen atoms in total. The van der Waals surface area contributed by atoms with Gasteiger partial charge in [-0.05, 0) is 13.8 Å². The number of phosphoric ester groups is 1. The number of carbonyl (C=O) groups excluding carboxylic acids is 2. The molecular formula is C8H15O10P. The number of ether oxygens (including phenoxy) is 4. The van der Waals surface area contributed by atoms with E-state index in [1.54, 1.807) is 13.8 Å². The van der Waals surface area contributed by atoms with E-state index in [2.05, 4.69) is 28.0 Å². The lowest BCUT2D eigenvalue weighted by Gasteiger charge is -2.11. The van der Waals surface area contributed by atoms with Crippen molar-refractivity contribution in [3.63, 3.8) is 0 Å². The van der Waals surface area contributed by atoms with Crippen LogP contribution in [0.3, 0.4) is 0 Å². The molecule has 1 N–H and O–H groups in total. The van der Waals surface area contributed by atoms with Gasteiger partial charge >= 0.3 is 20.1 Å². The second-order valence-corrected chi connectivity index (χ2v) is 4.07. The molecule has 0 bridgehead atoms. The Morgan fingerprint density at radius 3 is 1.58 bits per heavy atom. The van der Waals surface area contributed by atoms with E-state index in [9.17, 15) is 14.2 Å². The van der Waals surface area contributed by atoms with E-state index in [-0.39, 0.29) is 13.2 Å². The Kier molecular flexibility index (Phi) is 8.88. The molecule has 19 heavy (non-hydrogen) atoms. The third kappa shape index (κ3) is 10.3. The Balaban J connectivity index is 3.77. The van der Waals surface area contributed by atoms with Gasteiger partial charge in [0.05, 0.1) is 13.2 Å². The molecule has 0 spiro atoms. The predicted octanol–water partition coefficient (Wildman–Crippen LogP) is 1.38. The van der Waals surface area contributed by atoms with Gasteiger partial charge in [0.2, 0.25) is 13.6 Å². The molecule has 0 saturated heterocycles. The smallest absolute Gasteiger partial charge is 0.435 e. The minimum absolute atomic E-state index is 0.0828. The van der Waals surface area contributed by atoms with E-state index in [0.29, 0.717) is 0 Å². The molecule has 0 aromatic heterocycles. The van der Waals surface area contributed by atoms with Crippen LogP contribution in [0, 0.1) is 0 Å². The highest BCUT2D eigenvalue weighted by molar-refractivity contribution is 7.47. The zero-order valence-corrected chi connectivity index (χ0v) is 11.3. The molecular weight excluding hydrogens is 287 g/mol. The Morgan fingerprint density at radius 1 is 0.895 bits per heavy atom. The van der Waals surface area contributed by atoms with Crippen molar-refractivity contribution in [1.29, 1.82) is 0 Å². The fourth-order valence-corrected chi connectivity index (χ4v) is 1.08. The standard InChI is InChI=1S/C8H15O10P/c1-3-13-7(9)15-5-17-19(11,12)18-6-16-8(10)14-4-2/h3-6H2,1-2H3,(H,11,12). The van der Waals surface area contributed by atoms with Gasteiger partial charge in [-0.2, -0.15) is 0 Å². The molecule has 0 aliphatic heterocycles. The van der Waals surface area contributed by atoms with Gasteiger partial charge in [-0.3, -0.25) is 0 Å². The SMILES string of the molecule is CCOC(=O)OCOP(=O)(O)OCOC(=O)OCC. The highest BCUT2D eigenvalue weighted by atomic mass is 31.2. The summed E-state index contributed by atoms with van der Waals surface area (Å²) in [6.45, 7) is 1.56. The highest BCUT2D eigenvalue weighted by Gasteiger charge is 2.23. The Morgan fingerprint density at radius 2 is 1.26 bits per heavy atom. The van der Waals surface area contributed by atoms with Crippen LogP contribution in [0.25, 0.3) is 0 Å². The largest absolute Gasteiger partial charge is 0.510 e. The van der Waals surface area contributed by atoms with E-state index in [4.69, 9.17) is 4.89 Å². The van der Waals surface area contributed by atoms with Crippen LogP contribution in [0.1, 0.15) is 13.8 Å². The Bertz CT molecular complexity index is 301. The summed E-state index contributed by atoms with van der Waals surface area (Å²) in [5, 5.41) is 0. The minimum atomic E-state index is -4.51.